The van der Waals surface area contributed by atoms with Gasteiger partial charge in [-0.3, -0.25) is 18.7 Å². The number of aromatic nitrogens is 4. The van der Waals surface area contributed by atoms with Gasteiger partial charge in [0.05, 0.1) is 48.8 Å². The Morgan fingerprint density at radius 1 is 1.00 bits per heavy atom. The van der Waals surface area contributed by atoms with Gasteiger partial charge < -0.3 is 20.1 Å². The first-order valence-corrected chi connectivity index (χ1v) is 16.9. The average molecular weight is 764 g/mol. The highest BCUT2D eigenvalue weighted by Crippen LogP contribution is 2.36. The number of nitrogens with zero attached hydrogens (tertiary/aromatic N) is 5. The van der Waals surface area contributed by atoms with Crippen LogP contribution in [0.2, 0.25) is 0 Å². The van der Waals surface area contributed by atoms with Crippen LogP contribution in [0.4, 0.5) is 13.2 Å². The molecule has 1 aliphatic carbocycles. The maximum atomic E-state index is 14.2. The van der Waals surface area contributed by atoms with Crippen LogP contribution in [0, 0.1) is 0 Å². The summed E-state index contributed by atoms with van der Waals surface area (Å²) in [4.78, 5) is 52.0. The molecule has 51 heavy (non-hydrogen) atoms. The number of aliphatic hydroxyl groups is 1. The van der Waals surface area contributed by atoms with E-state index in [4.69, 9.17) is 4.74 Å². The number of carbonyl (C=O) groups excluding carboxylic acids is 2. The fourth-order valence-corrected chi connectivity index (χ4v) is 6.56. The van der Waals surface area contributed by atoms with E-state index >= 15 is 0 Å². The van der Waals surface area contributed by atoms with E-state index in [0.717, 1.165) is 25.0 Å². The van der Waals surface area contributed by atoms with Crippen molar-refractivity contribution >= 4 is 27.7 Å². The number of benzene rings is 3. The Balaban J connectivity index is 1.27. The molecule has 0 saturated heterocycles. The third kappa shape index (κ3) is 6.90. The smallest absolute Gasteiger partial charge is 0.417 e. The molecular formula is C36H30BrF3N6O5. The molecule has 1 fully saturated rings. The molecule has 3 heterocycles. The molecule has 3 aromatic carbocycles. The first-order valence-electron chi connectivity index (χ1n) is 16.1. The summed E-state index contributed by atoms with van der Waals surface area (Å²) >= 11 is 2.90. The molecule has 1 atom stereocenters. The third-order valence-electron chi connectivity index (χ3n) is 8.79. The molecule has 262 valence electrons. The van der Waals surface area contributed by atoms with E-state index in [1.807, 2.05) is 18.2 Å². The second kappa shape index (κ2) is 13.8. The van der Waals surface area contributed by atoms with Crippen LogP contribution in [0.3, 0.4) is 0 Å². The van der Waals surface area contributed by atoms with Gasteiger partial charge in [0.15, 0.2) is 5.82 Å². The lowest BCUT2D eigenvalue weighted by molar-refractivity contribution is -0.138. The van der Waals surface area contributed by atoms with E-state index in [-0.39, 0.29) is 47.2 Å². The minimum atomic E-state index is -4.74. The number of alkyl halides is 3. The first kappa shape index (κ1) is 34.2. The Labute approximate surface area is 297 Å². The number of carbonyl (C=O) groups is 2. The fraction of sp³-hybridized carbons (Fsp3) is 0.250. The van der Waals surface area contributed by atoms with E-state index in [0.29, 0.717) is 28.4 Å². The summed E-state index contributed by atoms with van der Waals surface area (Å²) < 4.78 is 49.4. The molecule has 7 rings (SSSR count). The number of imidazole rings is 1. The Kier molecular flexibility index (Phi) is 9.25. The van der Waals surface area contributed by atoms with Crippen molar-refractivity contribution < 1.29 is 32.6 Å². The van der Waals surface area contributed by atoms with Crippen LogP contribution in [-0.4, -0.2) is 59.7 Å². The predicted octanol–water partition coefficient (Wildman–Crippen LogP) is 5.37. The predicted molar refractivity (Wildman–Crippen MR) is 182 cm³/mol. The summed E-state index contributed by atoms with van der Waals surface area (Å²) in [6, 6.07) is 17.8. The van der Waals surface area contributed by atoms with E-state index in [1.54, 1.807) is 48.8 Å². The highest BCUT2D eigenvalue weighted by molar-refractivity contribution is 9.10. The van der Waals surface area contributed by atoms with Gasteiger partial charge >= 0.3 is 11.9 Å². The van der Waals surface area contributed by atoms with Gasteiger partial charge in [0.25, 0.3) is 11.8 Å². The number of halogens is 4. The summed E-state index contributed by atoms with van der Waals surface area (Å²) in [6.45, 7) is -1.10. The van der Waals surface area contributed by atoms with Crippen molar-refractivity contribution in [3.05, 3.63) is 128 Å². The Hall–Kier alpha value is -5.28. The molecule has 2 N–H and O–H groups in total. The number of ether oxygens (including phenoxy) is 1. The van der Waals surface area contributed by atoms with E-state index in [2.05, 4.69) is 31.2 Å². The number of nitrogens with one attached hydrogen (secondary N) is 1. The Bertz CT molecular complexity index is 2170. The zero-order valence-electron chi connectivity index (χ0n) is 26.8. The average Bonchev–Trinajstić information content (AvgIpc) is 3.91. The standard InChI is InChI=1S/C36H30BrF3N6O5/c37-29-13-6-21(16-28(29)36(38,39)40)34(49)44-19-30-31(33(48)43-17-22-4-1-2-5-27(22)32-41-14-3-15-42-32)46(35(50)45(30)18-24(44)20-47)23-7-9-25(10-8-23)51-26-11-12-26/h1-10,13-16,24,26,47H,11-12,17-20H2,(H,43,48). The highest BCUT2D eigenvalue weighted by atomic mass is 79.9. The van der Waals surface area contributed by atoms with Crippen molar-refractivity contribution in [3.63, 3.8) is 0 Å². The molecule has 1 unspecified atom stereocenters. The van der Waals surface area contributed by atoms with Crippen molar-refractivity contribution in [2.45, 2.75) is 50.8 Å². The highest BCUT2D eigenvalue weighted by Gasteiger charge is 2.38. The molecule has 5 aromatic rings. The fourth-order valence-electron chi connectivity index (χ4n) is 6.09. The summed E-state index contributed by atoms with van der Waals surface area (Å²) in [7, 11) is 0. The van der Waals surface area contributed by atoms with Gasteiger partial charge in [-0.05, 0) is 66.9 Å². The van der Waals surface area contributed by atoms with Crippen LogP contribution in [-0.2, 0) is 25.8 Å². The minimum absolute atomic E-state index is 0.0290. The van der Waals surface area contributed by atoms with Crippen LogP contribution >= 0.6 is 15.9 Å². The lowest BCUT2D eigenvalue weighted by Gasteiger charge is -2.35. The van der Waals surface area contributed by atoms with Gasteiger partial charge in [0.1, 0.15) is 11.4 Å². The van der Waals surface area contributed by atoms with Crippen molar-refractivity contribution in [2.24, 2.45) is 0 Å². The maximum Gasteiger partial charge on any atom is 0.417 e. The van der Waals surface area contributed by atoms with Crippen molar-refractivity contribution in [2.75, 3.05) is 6.61 Å². The number of rotatable bonds is 9. The summed E-state index contributed by atoms with van der Waals surface area (Å²) in [5.74, 6) is -0.377. The summed E-state index contributed by atoms with van der Waals surface area (Å²) in [6.07, 6.45) is 0.529. The van der Waals surface area contributed by atoms with Gasteiger partial charge in [-0.25, -0.2) is 14.8 Å². The van der Waals surface area contributed by atoms with Crippen LogP contribution < -0.4 is 15.7 Å². The van der Waals surface area contributed by atoms with Crippen LogP contribution in [0.15, 0.2) is 94.5 Å². The summed E-state index contributed by atoms with van der Waals surface area (Å²) in [5.41, 5.74) is -0.0516. The topological polar surface area (TPSA) is 132 Å². The number of hydrogen-bond acceptors (Lipinski definition) is 7. The van der Waals surface area contributed by atoms with Crippen LogP contribution in [0.25, 0.3) is 17.1 Å². The summed E-state index contributed by atoms with van der Waals surface area (Å²) in [5, 5.41) is 13.2. The van der Waals surface area contributed by atoms with Crippen molar-refractivity contribution in [3.8, 4) is 22.8 Å². The second-order valence-corrected chi connectivity index (χ2v) is 13.1. The monoisotopic (exact) mass is 762 g/mol. The van der Waals surface area contributed by atoms with Crippen LogP contribution in [0.1, 0.15) is 50.5 Å². The number of hydrogen-bond donors (Lipinski definition) is 2. The van der Waals surface area contributed by atoms with Crippen molar-refractivity contribution in [1.82, 2.24) is 29.3 Å². The Morgan fingerprint density at radius 3 is 2.41 bits per heavy atom. The lowest BCUT2D eigenvalue weighted by atomic mass is 10.1. The van der Waals surface area contributed by atoms with Gasteiger partial charge in [-0.1, -0.05) is 40.2 Å². The van der Waals surface area contributed by atoms with Gasteiger partial charge in [-0.15, -0.1) is 0 Å². The zero-order valence-corrected chi connectivity index (χ0v) is 28.4. The first-order chi connectivity index (χ1) is 24.5. The SMILES string of the molecule is O=C(NCc1ccccc1-c1ncccn1)c1c2n(c(=O)n1-c1ccc(OC3CC3)cc1)CC(CO)N(C(=O)c1ccc(Br)c(C(F)(F)F)c1)C2. The maximum absolute atomic E-state index is 14.2. The molecule has 1 saturated carbocycles. The second-order valence-electron chi connectivity index (χ2n) is 12.2. The van der Waals surface area contributed by atoms with Gasteiger partial charge in [0, 0.05) is 34.5 Å². The minimum Gasteiger partial charge on any atom is -0.490 e. The zero-order chi connectivity index (χ0) is 35.9. The van der Waals surface area contributed by atoms with Crippen LogP contribution in [0.5, 0.6) is 5.75 Å². The molecule has 15 heteroatoms. The molecular weight excluding hydrogens is 733 g/mol. The normalized spacial score (nSPS) is 15.7. The van der Waals surface area contributed by atoms with E-state index in [9.17, 15) is 32.7 Å². The lowest BCUT2D eigenvalue weighted by Crippen LogP contribution is -2.50. The molecule has 11 nitrogen and oxygen atoms in total. The molecule has 2 aliphatic rings. The molecule has 0 spiro atoms. The number of amides is 2. The Morgan fingerprint density at radius 2 is 1.73 bits per heavy atom. The largest absolute Gasteiger partial charge is 0.490 e. The molecule has 0 radical (unpaired) electrons. The van der Waals surface area contributed by atoms with E-state index in [1.165, 1.54) is 20.1 Å². The van der Waals surface area contributed by atoms with Crippen molar-refractivity contribution in [1.29, 1.82) is 0 Å². The molecule has 2 amide bonds. The molecule has 0 bridgehead atoms. The van der Waals surface area contributed by atoms with Gasteiger partial charge in [0.2, 0.25) is 0 Å². The molecule has 1 aliphatic heterocycles. The van der Waals surface area contributed by atoms with E-state index < -0.39 is 41.9 Å². The number of aliphatic hydroxyl groups excluding tert-OH is 1. The molecule has 2 aromatic heterocycles. The third-order valence-corrected chi connectivity index (χ3v) is 9.48. The van der Waals surface area contributed by atoms with Gasteiger partial charge in [-0.2, -0.15) is 13.2 Å². The number of fused-ring (bicyclic) bond motifs is 1. The quantitative estimate of drug-likeness (QED) is 0.207.